The molecule has 0 amide bonds. The standard InChI is InChI=1S/C12H19NO/c1-9(2)12(3,8-13)10-4-6-11(14)7-5-10/h4-7,9,14H,8,13H2,1-3H3. The number of hydrogen-bond donors (Lipinski definition) is 2. The summed E-state index contributed by atoms with van der Waals surface area (Å²) in [5, 5.41) is 9.20. The van der Waals surface area contributed by atoms with E-state index in [2.05, 4.69) is 20.8 Å². The normalized spacial score (nSPS) is 15.5. The fourth-order valence-corrected chi connectivity index (χ4v) is 1.53. The molecule has 14 heavy (non-hydrogen) atoms. The summed E-state index contributed by atoms with van der Waals surface area (Å²) in [5.74, 6) is 0.786. The third-order valence-corrected chi connectivity index (χ3v) is 3.23. The number of nitrogens with two attached hydrogens (primary N) is 1. The first-order chi connectivity index (χ1) is 6.50. The summed E-state index contributed by atoms with van der Waals surface area (Å²) < 4.78 is 0. The highest BCUT2D eigenvalue weighted by Crippen LogP contribution is 2.31. The molecule has 0 aromatic heterocycles. The van der Waals surface area contributed by atoms with Crippen LogP contribution in [-0.2, 0) is 5.41 Å². The van der Waals surface area contributed by atoms with Crippen molar-refractivity contribution in [1.29, 1.82) is 0 Å². The molecule has 0 radical (unpaired) electrons. The lowest BCUT2D eigenvalue weighted by atomic mass is 9.73. The summed E-state index contributed by atoms with van der Waals surface area (Å²) in [7, 11) is 0. The van der Waals surface area contributed by atoms with E-state index in [4.69, 9.17) is 5.73 Å². The Morgan fingerprint density at radius 3 is 2.14 bits per heavy atom. The molecule has 0 bridgehead atoms. The molecule has 0 saturated carbocycles. The van der Waals surface area contributed by atoms with Crippen LogP contribution in [0.4, 0.5) is 0 Å². The predicted molar refractivity (Wildman–Crippen MR) is 59.4 cm³/mol. The van der Waals surface area contributed by atoms with Gasteiger partial charge >= 0.3 is 0 Å². The van der Waals surface area contributed by atoms with Gasteiger partial charge in [0.05, 0.1) is 0 Å². The Morgan fingerprint density at radius 1 is 1.29 bits per heavy atom. The van der Waals surface area contributed by atoms with E-state index >= 15 is 0 Å². The van der Waals surface area contributed by atoms with Crippen molar-refractivity contribution >= 4 is 0 Å². The predicted octanol–water partition coefficient (Wildman–Crippen LogP) is 2.26. The molecule has 2 nitrogen and oxygen atoms in total. The van der Waals surface area contributed by atoms with Crippen LogP contribution in [0.5, 0.6) is 5.75 Å². The Bertz CT molecular complexity index is 292. The van der Waals surface area contributed by atoms with Crippen molar-refractivity contribution < 1.29 is 5.11 Å². The number of phenols is 1. The molecule has 1 rings (SSSR count). The first-order valence-corrected chi connectivity index (χ1v) is 5.00. The van der Waals surface area contributed by atoms with E-state index in [0.717, 1.165) is 0 Å². The van der Waals surface area contributed by atoms with E-state index in [1.807, 2.05) is 12.1 Å². The molecule has 3 N–H and O–H groups in total. The van der Waals surface area contributed by atoms with E-state index in [-0.39, 0.29) is 5.41 Å². The van der Waals surface area contributed by atoms with E-state index in [9.17, 15) is 5.11 Å². The minimum Gasteiger partial charge on any atom is -0.508 e. The number of phenolic OH excluding ortho intramolecular Hbond substituents is 1. The van der Waals surface area contributed by atoms with Gasteiger partial charge in [-0.3, -0.25) is 0 Å². The third-order valence-electron chi connectivity index (χ3n) is 3.23. The number of aromatic hydroxyl groups is 1. The van der Waals surface area contributed by atoms with Gasteiger partial charge in [-0.2, -0.15) is 0 Å². The molecule has 2 heteroatoms. The van der Waals surface area contributed by atoms with Crippen LogP contribution in [0.25, 0.3) is 0 Å². The Kier molecular flexibility index (Phi) is 3.17. The highest BCUT2D eigenvalue weighted by Gasteiger charge is 2.28. The lowest BCUT2D eigenvalue weighted by Gasteiger charge is -2.33. The highest BCUT2D eigenvalue weighted by atomic mass is 16.3. The second-order valence-electron chi connectivity index (χ2n) is 4.32. The second-order valence-corrected chi connectivity index (χ2v) is 4.32. The van der Waals surface area contributed by atoms with E-state index in [1.165, 1.54) is 5.56 Å². The average molecular weight is 193 g/mol. The van der Waals surface area contributed by atoms with Crippen LogP contribution < -0.4 is 5.73 Å². The first-order valence-electron chi connectivity index (χ1n) is 5.00. The van der Waals surface area contributed by atoms with Gasteiger partial charge < -0.3 is 10.8 Å². The van der Waals surface area contributed by atoms with Gasteiger partial charge in [0.2, 0.25) is 0 Å². The Hall–Kier alpha value is -1.02. The topological polar surface area (TPSA) is 46.2 Å². The van der Waals surface area contributed by atoms with Crippen molar-refractivity contribution in [2.24, 2.45) is 11.7 Å². The zero-order valence-electron chi connectivity index (χ0n) is 9.12. The van der Waals surface area contributed by atoms with Gasteiger partial charge in [0, 0.05) is 12.0 Å². The molecule has 0 aliphatic rings. The van der Waals surface area contributed by atoms with Gasteiger partial charge in [0.15, 0.2) is 0 Å². The molecule has 0 aliphatic carbocycles. The van der Waals surface area contributed by atoms with Crippen LogP contribution >= 0.6 is 0 Å². The molecule has 1 aromatic rings. The van der Waals surface area contributed by atoms with Gasteiger partial charge in [0.25, 0.3) is 0 Å². The van der Waals surface area contributed by atoms with Gasteiger partial charge in [-0.05, 0) is 23.6 Å². The van der Waals surface area contributed by atoms with Gasteiger partial charge in [-0.15, -0.1) is 0 Å². The minimum atomic E-state index is -0.00625. The van der Waals surface area contributed by atoms with E-state index in [0.29, 0.717) is 18.2 Å². The Labute approximate surface area is 85.8 Å². The van der Waals surface area contributed by atoms with Crippen LogP contribution in [0.2, 0.25) is 0 Å². The van der Waals surface area contributed by atoms with Crippen LogP contribution in [0.15, 0.2) is 24.3 Å². The Balaban J connectivity index is 3.06. The van der Waals surface area contributed by atoms with E-state index in [1.54, 1.807) is 12.1 Å². The minimum absolute atomic E-state index is 0.00625. The maximum Gasteiger partial charge on any atom is 0.115 e. The molecule has 1 unspecified atom stereocenters. The summed E-state index contributed by atoms with van der Waals surface area (Å²) in [4.78, 5) is 0. The number of rotatable bonds is 3. The van der Waals surface area contributed by atoms with Crippen molar-refractivity contribution in [1.82, 2.24) is 0 Å². The molecular weight excluding hydrogens is 174 g/mol. The zero-order valence-corrected chi connectivity index (χ0v) is 9.12. The van der Waals surface area contributed by atoms with Crippen molar-refractivity contribution in [2.75, 3.05) is 6.54 Å². The fraction of sp³-hybridized carbons (Fsp3) is 0.500. The monoisotopic (exact) mass is 193 g/mol. The van der Waals surface area contributed by atoms with Gasteiger partial charge in [-0.1, -0.05) is 32.9 Å². The SMILES string of the molecule is CC(C)C(C)(CN)c1ccc(O)cc1. The largest absolute Gasteiger partial charge is 0.508 e. The van der Waals surface area contributed by atoms with Crippen molar-refractivity contribution in [2.45, 2.75) is 26.2 Å². The summed E-state index contributed by atoms with van der Waals surface area (Å²) in [5.41, 5.74) is 7.00. The molecule has 0 spiro atoms. The lowest BCUT2D eigenvalue weighted by molar-refractivity contribution is 0.347. The molecule has 1 aromatic carbocycles. The van der Waals surface area contributed by atoms with Crippen LogP contribution in [0.3, 0.4) is 0 Å². The summed E-state index contributed by atoms with van der Waals surface area (Å²) in [6.45, 7) is 7.11. The molecule has 78 valence electrons. The number of hydrogen-bond acceptors (Lipinski definition) is 2. The highest BCUT2D eigenvalue weighted by molar-refractivity contribution is 5.31. The third kappa shape index (κ3) is 1.90. The summed E-state index contributed by atoms with van der Waals surface area (Å²) in [6, 6.07) is 7.32. The lowest BCUT2D eigenvalue weighted by Crippen LogP contribution is -2.36. The molecule has 0 saturated heterocycles. The van der Waals surface area contributed by atoms with E-state index < -0.39 is 0 Å². The Morgan fingerprint density at radius 2 is 1.79 bits per heavy atom. The van der Waals surface area contributed by atoms with Crippen LogP contribution in [0.1, 0.15) is 26.3 Å². The van der Waals surface area contributed by atoms with Crippen molar-refractivity contribution in [3.05, 3.63) is 29.8 Å². The van der Waals surface area contributed by atoms with Crippen LogP contribution in [-0.4, -0.2) is 11.7 Å². The van der Waals surface area contributed by atoms with Crippen LogP contribution in [0, 0.1) is 5.92 Å². The maximum atomic E-state index is 9.20. The molecular formula is C12H19NO. The van der Waals surface area contributed by atoms with Crippen molar-refractivity contribution in [3.8, 4) is 5.75 Å². The maximum absolute atomic E-state index is 9.20. The van der Waals surface area contributed by atoms with Gasteiger partial charge in [0.1, 0.15) is 5.75 Å². The smallest absolute Gasteiger partial charge is 0.115 e. The summed E-state index contributed by atoms with van der Waals surface area (Å²) >= 11 is 0. The fourth-order valence-electron chi connectivity index (χ4n) is 1.53. The summed E-state index contributed by atoms with van der Waals surface area (Å²) in [6.07, 6.45) is 0. The first kappa shape index (κ1) is 11.1. The quantitative estimate of drug-likeness (QED) is 0.773. The number of benzene rings is 1. The van der Waals surface area contributed by atoms with Gasteiger partial charge in [-0.25, -0.2) is 0 Å². The molecule has 0 aliphatic heterocycles. The molecule has 0 fully saturated rings. The molecule has 1 atom stereocenters. The average Bonchev–Trinajstić information content (AvgIpc) is 2.17. The zero-order chi connectivity index (χ0) is 10.8. The molecule has 0 heterocycles. The van der Waals surface area contributed by atoms with Crippen molar-refractivity contribution in [3.63, 3.8) is 0 Å². The second kappa shape index (κ2) is 4.01.